The molecule has 2 aliphatic heterocycles. The highest BCUT2D eigenvalue weighted by molar-refractivity contribution is 6.42. The number of H-pyrrole nitrogens is 1. The van der Waals surface area contributed by atoms with E-state index in [1.807, 2.05) is 6.20 Å². The third kappa shape index (κ3) is 5.92. The van der Waals surface area contributed by atoms with Crippen LogP contribution in [-0.4, -0.2) is 75.3 Å². The van der Waals surface area contributed by atoms with Crippen molar-refractivity contribution in [1.82, 2.24) is 14.8 Å². The van der Waals surface area contributed by atoms with Crippen LogP contribution >= 0.6 is 23.2 Å². The third-order valence-corrected chi connectivity index (χ3v) is 8.80. The zero-order valence-corrected chi connectivity index (χ0v) is 22.6. The molecular weight excluding hydrogens is 528 g/mol. The SMILES string of the molecule is O=C(/C=C/c1ccc(Cl)c(Cl)c1)N1CCC(O)(C(O)CN2CCC(c3c[nH]c4ccc(F)cc34)CC2)CC1. The number of likely N-dealkylation sites (tertiary alicyclic amines) is 2. The van der Waals surface area contributed by atoms with Gasteiger partial charge >= 0.3 is 0 Å². The van der Waals surface area contributed by atoms with Crippen molar-refractivity contribution in [3.8, 4) is 0 Å². The molecule has 1 atom stereocenters. The molecule has 1 amide bonds. The number of β-amino-alcohol motifs (C(OH)–C–C–N with tert-alkyl or cyclic N) is 1. The normalized spacial score (nSPS) is 19.9. The summed E-state index contributed by atoms with van der Waals surface area (Å²) in [6, 6.07) is 9.99. The van der Waals surface area contributed by atoms with Gasteiger partial charge in [-0.05, 0) is 92.2 Å². The van der Waals surface area contributed by atoms with Gasteiger partial charge in [-0.3, -0.25) is 4.79 Å². The fourth-order valence-corrected chi connectivity index (χ4v) is 5.94. The lowest BCUT2D eigenvalue weighted by atomic mass is 9.84. The minimum absolute atomic E-state index is 0.146. The standard InChI is InChI=1S/C29H32Cl2FN3O3/c30-24-4-1-19(15-25(24)31)2-6-28(37)35-13-9-29(38,10-14-35)27(36)18-34-11-7-20(8-12-34)23-17-33-26-5-3-21(32)16-22(23)26/h1-6,15-17,20,27,33,36,38H,7-14,18H2/b6-2+. The summed E-state index contributed by atoms with van der Waals surface area (Å²) in [4.78, 5) is 19.8. The predicted octanol–water partition coefficient (Wildman–Crippen LogP) is 5.22. The van der Waals surface area contributed by atoms with Crippen molar-refractivity contribution in [1.29, 1.82) is 0 Å². The van der Waals surface area contributed by atoms with Crippen LogP contribution in [0, 0.1) is 5.82 Å². The van der Waals surface area contributed by atoms with Crippen molar-refractivity contribution in [2.24, 2.45) is 0 Å². The Morgan fingerprint density at radius 3 is 2.55 bits per heavy atom. The van der Waals surface area contributed by atoms with Gasteiger partial charge in [-0.2, -0.15) is 0 Å². The number of aliphatic hydroxyl groups is 2. The minimum atomic E-state index is -1.23. The molecule has 0 bridgehead atoms. The first kappa shape index (κ1) is 27.2. The van der Waals surface area contributed by atoms with Gasteiger partial charge < -0.3 is 25.0 Å². The number of aromatic amines is 1. The Hall–Kier alpha value is -2.42. The highest BCUT2D eigenvalue weighted by Gasteiger charge is 2.40. The van der Waals surface area contributed by atoms with Gasteiger partial charge in [0.15, 0.2) is 0 Å². The van der Waals surface area contributed by atoms with Gasteiger partial charge in [-0.25, -0.2) is 4.39 Å². The molecule has 9 heteroatoms. The molecule has 2 aromatic carbocycles. The molecule has 1 aromatic heterocycles. The van der Waals surface area contributed by atoms with Crippen molar-refractivity contribution in [2.75, 3.05) is 32.7 Å². The van der Waals surface area contributed by atoms with Crippen molar-refractivity contribution in [3.63, 3.8) is 0 Å². The van der Waals surface area contributed by atoms with E-state index >= 15 is 0 Å². The summed E-state index contributed by atoms with van der Waals surface area (Å²) in [6.07, 6.45) is 6.71. The Labute approximate surface area is 231 Å². The van der Waals surface area contributed by atoms with Crippen LogP contribution in [0.25, 0.3) is 17.0 Å². The molecule has 2 aliphatic rings. The molecular formula is C29H32Cl2FN3O3. The lowest BCUT2D eigenvalue weighted by molar-refractivity contribution is -0.140. The molecule has 3 heterocycles. The van der Waals surface area contributed by atoms with E-state index in [0.29, 0.717) is 48.4 Å². The summed E-state index contributed by atoms with van der Waals surface area (Å²) in [7, 11) is 0. The summed E-state index contributed by atoms with van der Waals surface area (Å²) in [5.74, 6) is -0.0533. The second kappa shape index (κ2) is 11.4. The van der Waals surface area contributed by atoms with E-state index in [1.165, 1.54) is 12.1 Å². The Kier molecular flexibility index (Phi) is 8.12. The summed E-state index contributed by atoms with van der Waals surface area (Å²) >= 11 is 12.0. The molecule has 3 aromatic rings. The molecule has 0 spiro atoms. The zero-order valence-electron chi connectivity index (χ0n) is 21.0. The van der Waals surface area contributed by atoms with Crippen LogP contribution in [0.4, 0.5) is 4.39 Å². The van der Waals surface area contributed by atoms with E-state index < -0.39 is 11.7 Å². The number of fused-ring (bicyclic) bond motifs is 1. The second-order valence-electron chi connectivity index (χ2n) is 10.5. The van der Waals surface area contributed by atoms with Crippen LogP contribution in [-0.2, 0) is 4.79 Å². The number of amides is 1. The van der Waals surface area contributed by atoms with Crippen molar-refractivity contribution in [3.05, 3.63) is 75.7 Å². The molecule has 6 nitrogen and oxygen atoms in total. The monoisotopic (exact) mass is 559 g/mol. The molecule has 3 N–H and O–H groups in total. The van der Waals surface area contributed by atoms with Crippen LogP contribution in [0.5, 0.6) is 0 Å². The largest absolute Gasteiger partial charge is 0.389 e. The molecule has 0 saturated carbocycles. The third-order valence-electron chi connectivity index (χ3n) is 8.06. The first-order valence-corrected chi connectivity index (χ1v) is 13.8. The number of aliphatic hydroxyl groups excluding tert-OH is 1. The average Bonchev–Trinajstić information content (AvgIpc) is 3.33. The van der Waals surface area contributed by atoms with Gasteiger partial charge in [0, 0.05) is 42.8 Å². The molecule has 38 heavy (non-hydrogen) atoms. The van der Waals surface area contributed by atoms with E-state index in [2.05, 4.69) is 9.88 Å². The zero-order chi connectivity index (χ0) is 26.9. The number of halogens is 3. The van der Waals surface area contributed by atoms with Gasteiger partial charge in [0.05, 0.1) is 21.8 Å². The first-order chi connectivity index (χ1) is 18.2. The van der Waals surface area contributed by atoms with E-state index in [0.717, 1.165) is 48.0 Å². The van der Waals surface area contributed by atoms with Crippen LogP contribution in [0.3, 0.4) is 0 Å². The number of piperidine rings is 2. The summed E-state index contributed by atoms with van der Waals surface area (Å²) in [5, 5.41) is 24.0. The maximum atomic E-state index is 13.8. The lowest BCUT2D eigenvalue weighted by Crippen LogP contribution is -2.56. The first-order valence-electron chi connectivity index (χ1n) is 13.0. The molecule has 2 saturated heterocycles. The second-order valence-corrected chi connectivity index (χ2v) is 11.3. The molecule has 202 valence electrons. The van der Waals surface area contributed by atoms with Crippen LogP contribution in [0.2, 0.25) is 10.0 Å². The number of hydrogen-bond donors (Lipinski definition) is 3. The summed E-state index contributed by atoms with van der Waals surface area (Å²) in [6.45, 7) is 2.72. The Balaban J connectivity index is 1.10. The van der Waals surface area contributed by atoms with Gasteiger partial charge in [0.2, 0.25) is 5.91 Å². The van der Waals surface area contributed by atoms with Gasteiger partial charge in [-0.15, -0.1) is 0 Å². The quantitative estimate of drug-likeness (QED) is 0.362. The highest BCUT2D eigenvalue weighted by atomic mass is 35.5. The van der Waals surface area contributed by atoms with Crippen molar-refractivity contribution >= 4 is 46.1 Å². The minimum Gasteiger partial charge on any atom is -0.389 e. The number of nitrogens with one attached hydrogen (secondary N) is 1. The van der Waals surface area contributed by atoms with E-state index in [1.54, 1.807) is 41.3 Å². The van der Waals surface area contributed by atoms with E-state index in [4.69, 9.17) is 23.2 Å². The predicted molar refractivity (Wildman–Crippen MR) is 149 cm³/mol. The maximum Gasteiger partial charge on any atom is 0.246 e. The van der Waals surface area contributed by atoms with Gasteiger partial charge in [0.25, 0.3) is 0 Å². The molecule has 1 unspecified atom stereocenters. The lowest BCUT2D eigenvalue weighted by Gasteiger charge is -2.43. The fraction of sp³-hybridized carbons (Fsp3) is 0.414. The van der Waals surface area contributed by atoms with Gasteiger partial charge in [-0.1, -0.05) is 29.3 Å². The fourth-order valence-electron chi connectivity index (χ4n) is 5.63. The summed E-state index contributed by atoms with van der Waals surface area (Å²) in [5.41, 5.74) is 1.63. The van der Waals surface area contributed by atoms with E-state index in [-0.39, 0.29) is 11.7 Å². The average molecular weight is 560 g/mol. The molecule has 2 fully saturated rings. The number of aromatic nitrogens is 1. The Bertz CT molecular complexity index is 1330. The molecule has 5 rings (SSSR count). The molecule has 0 aliphatic carbocycles. The molecule has 0 radical (unpaired) electrons. The topological polar surface area (TPSA) is 79.8 Å². The van der Waals surface area contributed by atoms with Crippen LogP contribution < -0.4 is 0 Å². The number of carbonyl (C=O) groups excluding carboxylic acids is 1. The maximum absolute atomic E-state index is 13.8. The number of benzene rings is 2. The van der Waals surface area contributed by atoms with Gasteiger partial charge in [0.1, 0.15) is 5.82 Å². The smallest absolute Gasteiger partial charge is 0.246 e. The van der Waals surface area contributed by atoms with Crippen LogP contribution in [0.15, 0.2) is 48.7 Å². The Morgan fingerprint density at radius 1 is 1.11 bits per heavy atom. The number of hydrogen-bond acceptors (Lipinski definition) is 4. The van der Waals surface area contributed by atoms with E-state index in [9.17, 15) is 19.4 Å². The van der Waals surface area contributed by atoms with Crippen molar-refractivity contribution in [2.45, 2.75) is 43.3 Å². The number of carbonyl (C=O) groups is 1. The summed E-state index contributed by atoms with van der Waals surface area (Å²) < 4.78 is 13.8. The highest BCUT2D eigenvalue weighted by Crippen LogP contribution is 2.34. The Morgan fingerprint density at radius 2 is 1.84 bits per heavy atom. The van der Waals surface area contributed by atoms with Crippen molar-refractivity contribution < 1.29 is 19.4 Å². The number of nitrogens with zero attached hydrogens (tertiary/aromatic N) is 2. The number of rotatable bonds is 6. The van der Waals surface area contributed by atoms with Crippen LogP contribution in [0.1, 0.15) is 42.7 Å².